The van der Waals surface area contributed by atoms with Crippen molar-refractivity contribution in [2.24, 2.45) is 5.92 Å². The molecule has 1 aromatic carbocycles. The number of carbonyl (C=O) groups excluding carboxylic acids is 2. The molecule has 0 radical (unpaired) electrons. The molecule has 1 N–H and O–H groups in total. The highest BCUT2D eigenvalue weighted by Crippen LogP contribution is 2.42. The number of hydrogen-bond acceptors (Lipinski definition) is 9. The molecular formula is C26H37NO9. The van der Waals surface area contributed by atoms with Crippen molar-refractivity contribution in [3.63, 3.8) is 0 Å². The van der Waals surface area contributed by atoms with Crippen LogP contribution in [-0.2, 0) is 44.6 Å². The predicted molar refractivity (Wildman–Crippen MR) is 126 cm³/mol. The van der Waals surface area contributed by atoms with Crippen molar-refractivity contribution >= 4 is 12.1 Å². The van der Waals surface area contributed by atoms with Crippen LogP contribution in [0.15, 0.2) is 30.3 Å². The largest absolute Gasteiger partial charge is 0.455 e. The van der Waals surface area contributed by atoms with Crippen molar-refractivity contribution in [2.75, 3.05) is 6.61 Å². The second kappa shape index (κ2) is 10.6. The van der Waals surface area contributed by atoms with Gasteiger partial charge in [-0.05, 0) is 45.6 Å². The van der Waals surface area contributed by atoms with Gasteiger partial charge < -0.3 is 38.5 Å². The fourth-order valence-electron chi connectivity index (χ4n) is 4.62. The molecule has 0 aliphatic carbocycles. The molecule has 3 fully saturated rings. The van der Waals surface area contributed by atoms with Crippen LogP contribution in [0.5, 0.6) is 0 Å². The Bertz CT molecular complexity index is 919. The van der Waals surface area contributed by atoms with Gasteiger partial charge in [-0.1, -0.05) is 44.2 Å². The maximum Gasteiger partial charge on any atom is 0.408 e. The van der Waals surface area contributed by atoms with Crippen LogP contribution in [0.3, 0.4) is 0 Å². The van der Waals surface area contributed by atoms with E-state index in [-0.39, 0.29) is 19.1 Å². The molecule has 200 valence electrons. The summed E-state index contributed by atoms with van der Waals surface area (Å²) >= 11 is 0. The van der Waals surface area contributed by atoms with E-state index in [1.54, 1.807) is 13.8 Å². The van der Waals surface area contributed by atoms with Gasteiger partial charge in [-0.3, -0.25) is 0 Å². The van der Waals surface area contributed by atoms with E-state index < -0.39 is 60.4 Å². The topological polar surface area (TPSA) is 111 Å². The summed E-state index contributed by atoms with van der Waals surface area (Å²) in [6, 6.07) is 8.39. The van der Waals surface area contributed by atoms with Crippen LogP contribution >= 0.6 is 0 Å². The van der Waals surface area contributed by atoms with Crippen molar-refractivity contribution < 1.29 is 42.7 Å². The van der Waals surface area contributed by atoms with Gasteiger partial charge in [0.1, 0.15) is 24.9 Å². The standard InChI is InChI=1S/C26H37NO9/c1-15(2)12-17(27-24(29)30-13-16-10-8-7-9-11-16)22(28)32-20-19(18-14-31-25(3,4)34-18)33-23-21(20)35-26(5,6)36-23/h7-11,15,17-21,23H,12-14H2,1-6H3,(H,27,29)/t17-,18+,19-,20+,21+,23+/m1/s1. The second-order valence-corrected chi connectivity index (χ2v) is 10.7. The molecular weight excluding hydrogens is 470 g/mol. The summed E-state index contributed by atoms with van der Waals surface area (Å²) in [6.07, 6.45) is -3.66. The lowest BCUT2D eigenvalue weighted by Gasteiger charge is -2.30. The molecule has 0 bridgehead atoms. The molecule has 6 atom stereocenters. The van der Waals surface area contributed by atoms with E-state index >= 15 is 0 Å². The third kappa shape index (κ3) is 6.54. The van der Waals surface area contributed by atoms with Gasteiger partial charge in [0.2, 0.25) is 0 Å². The quantitative estimate of drug-likeness (QED) is 0.530. The first-order chi connectivity index (χ1) is 16.9. The minimum Gasteiger partial charge on any atom is -0.455 e. The summed E-state index contributed by atoms with van der Waals surface area (Å²) in [5.74, 6) is -2.18. The van der Waals surface area contributed by atoms with Crippen LogP contribution < -0.4 is 5.32 Å². The normalized spacial score (nSPS) is 31.1. The molecule has 1 aromatic rings. The molecule has 4 rings (SSSR count). The number of fused-ring (bicyclic) bond motifs is 1. The van der Waals surface area contributed by atoms with Crippen molar-refractivity contribution in [3.8, 4) is 0 Å². The average molecular weight is 508 g/mol. The first-order valence-corrected chi connectivity index (χ1v) is 12.4. The lowest BCUT2D eigenvalue weighted by molar-refractivity contribution is -0.235. The Balaban J connectivity index is 1.44. The number of carbonyl (C=O) groups is 2. The number of esters is 1. The first kappa shape index (κ1) is 26.8. The highest BCUT2D eigenvalue weighted by Gasteiger charge is 2.60. The Morgan fingerprint density at radius 3 is 2.39 bits per heavy atom. The maximum atomic E-state index is 13.4. The van der Waals surface area contributed by atoms with Gasteiger partial charge in [-0.15, -0.1) is 0 Å². The Morgan fingerprint density at radius 1 is 1.03 bits per heavy atom. The van der Waals surface area contributed by atoms with Crippen molar-refractivity contribution in [1.29, 1.82) is 0 Å². The molecule has 0 unspecified atom stereocenters. The van der Waals surface area contributed by atoms with Crippen LogP contribution in [0.25, 0.3) is 0 Å². The Morgan fingerprint density at radius 2 is 1.75 bits per heavy atom. The molecule has 10 heteroatoms. The maximum absolute atomic E-state index is 13.4. The first-order valence-electron chi connectivity index (χ1n) is 12.4. The number of ether oxygens (including phenoxy) is 7. The third-order valence-electron chi connectivity index (χ3n) is 6.17. The molecule has 0 aromatic heterocycles. The monoisotopic (exact) mass is 507 g/mol. The fourth-order valence-corrected chi connectivity index (χ4v) is 4.62. The van der Waals surface area contributed by atoms with E-state index in [2.05, 4.69) is 5.32 Å². The van der Waals surface area contributed by atoms with E-state index in [1.807, 2.05) is 58.0 Å². The minimum absolute atomic E-state index is 0.0908. The molecule has 10 nitrogen and oxygen atoms in total. The summed E-state index contributed by atoms with van der Waals surface area (Å²) in [5, 5.41) is 2.66. The number of nitrogens with one attached hydrogen (secondary N) is 1. The number of rotatable bonds is 8. The number of amides is 1. The summed E-state index contributed by atoms with van der Waals surface area (Å²) in [6.45, 7) is 11.4. The molecule has 1 amide bonds. The van der Waals surface area contributed by atoms with Gasteiger partial charge in [-0.2, -0.15) is 0 Å². The van der Waals surface area contributed by atoms with E-state index in [0.29, 0.717) is 6.42 Å². The summed E-state index contributed by atoms with van der Waals surface area (Å²) in [5.41, 5.74) is 0.843. The third-order valence-corrected chi connectivity index (χ3v) is 6.17. The van der Waals surface area contributed by atoms with Gasteiger partial charge in [0.15, 0.2) is 30.1 Å². The molecule has 0 spiro atoms. The smallest absolute Gasteiger partial charge is 0.408 e. The second-order valence-electron chi connectivity index (χ2n) is 10.7. The van der Waals surface area contributed by atoms with Crippen LogP contribution in [0.2, 0.25) is 0 Å². The van der Waals surface area contributed by atoms with E-state index in [1.165, 1.54) is 0 Å². The Kier molecular flexibility index (Phi) is 7.92. The SMILES string of the molecule is CC(C)C[C@@H](NC(=O)OCc1ccccc1)C(=O)O[C@@H]1[C@@H]2OC(C)(C)O[C@@H]2O[C@@H]1[C@@H]1COC(C)(C)O1. The zero-order valence-electron chi connectivity index (χ0n) is 21.7. The van der Waals surface area contributed by atoms with Gasteiger partial charge in [0.05, 0.1) is 6.61 Å². The Hall–Kier alpha value is -2.24. The zero-order valence-corrected chi connectivity index (χ0v) is 21.7. The summed E-state index contributed by atoms with van der Waals surface area (Å²) in [7, 11) is 0. The van der Waals surface area contributed by atoms with Gasteiger partial charge in [0, 0.05) is 0 Å². The number of hydrogen-bond donors (Lipinski definition) is 1. The van der Waals surface area contributed by atoms with Gasteiger partial charge in [0.25, 0.3) is 0 Å². The lowest BCUT2D eigenvalue weighted by atomic mass is 10.0. The predicted octanol–water partition coefficient (Wildman–Crippen LogP) is 3.27. The van der Waals surface area contributed by atoms with Crippen LogP contribution in [0.4, 0.5) is 4.79 Å². The van der Waals surface area contributed by atoms with Crippen molar-refractivity contribution in [2.45, 2.75) is 103 Å². The van der Waals surface area contributed by atoms with E-state index in [4.69, 9.17) is 33.2 Å². The number of benzene rings is 1. The summed E-state index contributed by atoms with van der Waals surface area (Å²) in [4.78, 5) is 25.9. The summed E-state index contributed by atoms with van der Waals surface area (Å²) < 4.78 is 41.0. The highest BCUT2D eigenvalue weighted by molar-refractivity contribution is 5.81. The van der Waals surface area contributed by atoms with Gasteiger partial charge >= 0.3 is 12.1 Å². The van der Waals surface area contributed by atoms with Gasteiger partial charge in [-0.25, -0.2) is 9.59 Å². The van der Waals surface area contributed by atoms with Crippen molar-refractivity contribution in [3.05, 3.63) is 35.9 Å². The Labute approximate surface area is 211 Å². The minimum atomic E-state index is -0.916. The van der Waals surface area contributed by atoms with Crippen LogP contribution in [0.1, 0.15) is 53.5 Å². The highest BCUT2D eigenvalue weighted by atomic mass is 16.8. The van der Waals surface area contributed by atoms with Crippen LogP contribution in [-0.4, -0.2) is 67.0 Å². The fraction of sp³-hybridized carbons (Fsp3) is 0.692. The zero-order chi connectivity index (χ0) is 26.1. The van der Waals surface area contributed by atoms with E-state index in [0.717, 1.165) is 5.56 Å². The molecule has 36 heavy (non-hydrogen) atoms. The molecule has 3 saturated heterocycles. The average Bonchev–Trinajstić information content (AvgIpc) is 3.41. The molecule has 0 saturated carbocycles. The lowest BCUT2D eigenvalue weighted by Crippen LogP contribution is -2.49. The van der Waals surface area contributed by atoms with E-state index in [9.17, 15) is 9.59 Å². The van der Waals surface area contributed by atoms with Crippen molar-refractivity contribution in [1.82, 2.24) is 5.32 Å². The molecule has 3 heterocycles. The number of alkyl carbamates (subject to hydrolysis) is 1. The molecule has 3 aliphatic rings. The van der Waals surface area contributed by atoms with Crippen LogP contribution in [0, 0.1) is 5.92 Å². The molecule has 3 aliphatic heterocycles.